The molecular weight excluding hydrogens is 668 g/mol. The van der Waals surface area contributed by atoms with Crippen molar-refractivity contribution in [3.8, 4) is 11.5 Å². The Hall–Kier alpha value is -5.78. The molecule has 0 saturated carbocycles. The van der Waals surface area contributed by atoms with Crippen LogP contribution in [0.25, 0.3) is 0 Å². The van der Waals surface area contributed by atoms with Gasteiger partial charge in [-0.15, -0.1) is 0 Å². The molecule has 2 amide bonds. The molecule has 0 aromatic heterocycles. The number of nitrogens with one attached hydrogen (secondary N) is 2. The molecule has 0 saturated heterocycles. The van der Waals surface area contributed by atoms with Gasteiger partial charge in [0.15, 0.2) is 12.2 Å². The molecule has 278 valence electrons. The normalized spacial score (nSPS) is 12.3. The van der Waals surface area contributed by atoms with Crippen LogP contribution >= 0.6 is 0 Å². The molecule has 0 radical (unpaired) electrons. The zero-order valence-electron chi connectivity index (χ0n) is 30.6. The Labute approximate surface area is 305 Å². The van der Waals surface area contributed by atoms with E-state index in [-0.39, 0.29) is 37.6 Å². The molecule has 3 rings (SSSR count). The third-order valence-corrected chi connectivity index (χ3v) is 7.54. The fourth-order valence-electron chi connectivity index (χ4n) is 4.54. The lowest BCUT2D eigenvalue weighted by atomic mass is 9.87. The van der Waals surface area contributed by atoms with Crippen molar-refractivity contribution in [2.75, 3.05) is 26.4 Å². The number of hydrogen-bond acceptors (Lipinski definition) is 10. The van der Waals surface area contributed by atoms with Crippen molar-refractivity contribution in [2.45, 2.75) is 64.8 Å². The Morgan fingerprint density at radius 1 is 0.577 bits per heavy atom. The van der Waals surface area contributed by atoms with Gasteiger partial charge in [-0.1, -0.05) is 73.8 Å². The second-order valence-corrected chi connectivity index (χ2v) is 13.1. The van der Waals surface area contributed by atoms with E-state index in [2.05, 4.69) is 23.8 Å². The number of alkyl carbamates (subject to hydrolysis) is 2. The zero-order chi connectivity index (χ0) is 38.3. The lowest BCUT2D eigenvalue weighted by Crippen LogP contribution is -2.45. The fraction of sp³-hybridized carbons (Fsp3) is 0.350. The summed E-state index contributed by atoms with van der Waals surface area (Å²) in [6.45, 7) is 16.8. The Morgan fingerprint density at radius 2 is 0.942 bits per heavy atom. The van der Waals surface area contributed by atoms with Crippen molar-refractivity contribution in [1.82, 2.24) is 10.6 Å². The molecule has 2 N–H and O–H groups in total. The predicted molar refractivity (Wildman–Crippen MR) is 195 cm³/mol. The van der Waals surface area contributed by atoms with E-state index in [1.807, 2.05) is 30.3 Å². The Bertz CT molecular complexity index is 1570. The van der Waals surface area contributed by atoms with Crippen molar-refractivity contribution in [3.05, 3.63) is 120 Å². The second-order valence-electron chi connectivity index (χ2n) is 13.1. The summed E-state index contributed by atoms with van der Waals surface area (Å²) < 4.78 is 33.3. The van der Waals surface area contributed by atoms with Crippen LogP contribution in [0.2, 0.25) is 0 Å². The van der Waals surface area contributed by atoms with E-state index < -0.39 is 47.4 Å². The second kappa shape index (κ2) is 19.0. The van der Waals surface area contributed by atoms with Gasteiger partial charge in [0.25, 0.3) is 0 Å². The minimum Gasteiger partial charge on any atom is -0.490 e. The summed E-state index contributed by atoms with van der Waals surface area (Å²) in [5, 5.41) is 5.73. The van der Waals surface area contributed by atoms with E-state index in [1.165, 1.54) is 13.8 Å². The zero-order valence-corrected chi connectivity index (χ0v) is 30.6. The van der Waals surface area contributed by atoms with Gasteiger partial charge in [0.05, 0.1) is 11.1 Å². The van der Waals surface area contributed by atoms with Crippen molar-refractivity contribution >= 4 is 24.1 Å². The Kier molecular flexibility index (Phi) is 14.9. The van der Waals surface area contributed by atoms with Crippen LogP contribution in [0, 0.1) is 0 Å². The molecule has 12 heteroatoms. The number of carbonyl (C=O) groups excluding carboxylic acids is 4. The van der Waals surface area contributed by atoms with Crippen molar-refractivity contribution < 1.29 is 47.6 Å². The van der Waals surface area contributed by atoms with E-state index in [0.717, 1.165) is 0 Å². The van der Waals surface area contributed by atoms with Gasteiger partial charge in [-0.25, -0.2) is 19.2 Å². The average Bonchev–Trinajstić information content (AvgIpc) is 3.10. The Balaban J connectivity index is 1.67. The number of hydrogen-bond donors (Lipinski definition) is 2. The maximum Gasteiger partial charge on any atom is 0.408 e. The minimum atomic E-state index is -0.948. The maximum absolute atomic E-state index is 13.2. The summed E-state index contributed by atoms with van der Waals surface area (Å²) in [5.41, 5.74) is -0.0698. The van der Waals surface area contributed by atoms with Crippen LogP contribution in [-0.4, -0.2) is 62.8 Å². The van der Waals surface area contributed by atoms with Crippen LogP contribution in [0.4, 0.5) is 9.59 Å². The van der Waals surface area contributed by atoms with E-state index in [1.54, 1.807) is 82.3 Å². The van der Waals surface area contributed by atoms with Gasteiger partial charge in [0.1, 0.15) is 37.9 Å². The van der Waals surface area contributed by atoms with Crippen molar-refractivity contribution in [1.29, 1.82) is 0 Å². The predicted octanol–water partition coefficient (Wildman–Crippen LogP) is 6.74. The molecule has 0 fully saturated rings. The molecule has 0 spiro atoms. The largest absolute Gasteiger partial charge is 0.490 e. The third-order valence-electron chi connectivity index (χ3n) is 7.54. The minimum absolute atomic E-state index is 0.0671. The van der Waals surface area contributed by atoms with Gasteiger partial charge < -0.3 is 39.1 Å². The maximum atomic E-state index is 13.2. The molecule has 3 aromatic carbocycles. The van der Waals surface area contributed by atoms with Crippen LogP contribution in [0.5, 0.6) is 11.5 Å². The molecule has 2 atom stereocenters. The SMILES string of the molecule is C=C(C)C(=O)OCC(COc1ccccc1)OC(=O)NC(C)(C)c1cccc(C(C)(C)NC(=O)OC(COC(=O)C(=C)C)COc2ccccc2)c1. The number of para-hydroxylation sites is 2. The monoisotopic (exact) mass is 716 g/mol. The van der Waals surface area contributed by atoms with Crippen LogP contribution < -0.4 is 20.1 Å². The third kappa shape index (κ3) is 13.5. The summed E-state index contributed by atoms with van der Waals surface area (Å²) >= 11 is 0. The molecular formula is C40H48N2O10. The van der Waals surface area contributed by atoms with Gasteiger partial charge in [-0.2, -0.15) is 0 Å². The molecule has 0 heterocycles. The molecule has 0 bridgehead atoms. The van der Waals surface area contributed by atoms with Gasteiger partial charge >= 0.3 is 24.1 Å². The van der Waals surface area contributed by atoms with Crippen LogP contribution in [0.1, 0.15) is 52.7 Å². The highest BCUT2D eigenvalue weighted by molar-refractivity contribution is 5.87. The highest BCUT2D eigenvalue weighted by Crippen LogP contribution is 2.27. The standard InChI is InChI=1S/C40H48N2O10/c1-27(2)35(43)49-25-33(23-47-31-18-11-9-12-19-31)51-37(45)41-39(5,6)29-16-15-17-30(22-29)40(7,8)42-38(46)52-34(26-50-36(44)28(3)4)24-48-32-20-13-10-14-21-32/h9-22,33-34H,1,3,23-26H2,2,4-8H3,(H,41,45)(H,42,46). The summed E-state index contributed by atoms with van der Waals surface area (Å²) in [7, 11) is 0. The highest BCUT2D eigenvalue weighted by Gasteiger charge is 2.30. The van der Waals surface area contributed by atoms with Crippen LogP contribution in [-0.2, 0) is 39.6 Å². The molecule has 0 aliphatic carbocycles. The summed E-state index contributed by atoms with van der Waals surface area (Å²) in [4.78, 5) is 50.4. The number of esters is 2. The van der Waals surface area contributed by atoms with Crippen LogP contribution in [0.15, 0.2) is 109 Å². The fourth-order valence-corrected chi connectivity index (χ4v) is 4.54. The lowest BCUT2D eigenvalue weighted by Gasteiger charge is -2.31. The molecule has 2 unspecified atom stereocenters. The van der Waals surface area contributed by atoms with E-state index >= 15 is 0 Å². The summed E-state index contributed by atoms with van der Waals surface area (Å²) in [6, 6.07) is 25.2. The summed E-state index contributed by atoms with van der Waals surface area (Å²) in [5.74, 6) is -0.120. The highest BCUT2D eigenvalue weighted by atomic mass is 16.6. The molecule has 0 aliphatic rings. The molecule has 52 heavy (non-hydrogen) atoms. The molecule has 0 aliphatic heterocycles. The summed E-state index contributed by atoms with van der Waals surface area (Å²) in [6.07, 6.45) is -3.38. The number of benzene rings is 3. The smallest absolute Gasteiger partial charge is 0.408 e. The number of amides is 2. The number of ether oxygens (including phenoxy) is 6. The van der Waals surface area contributed by atoms with Crippen LogP contribution in [0.3, 0.4) is 0 Å². The first kappa shape index (κ1) is 40.6. The van der Waals surface area contributed by atoms with E-state index in [0.29, 0.717) is 22.6 Å². The first-order valence-corrected chi connectivity index (χ1v) is 16.7. The van der Waals surface area contributed by atoms with Gasteiger partial charge in [-0.3, -0.25) is 0 Å². The van der Waals surface area contributed by atoms with E-state index in [9.17, 15) is 19.2 Å². The molecule has 3 aromatic rings. The van der Waals surface area contributed by atoms with Gasteiger partial charge in [0, 0.05) is 11.1 Å². The first-order chi connectivity index (χ1) is 24.6. The lowest BCUT2D eigenvalue weighted by molar-refractivity contribution is -0.143. The average molecular weight is 717 g/mol. The van der Waals surface area contributed by atoms with Gasteiger partial charge in [0.2, 0.25) is 0 Å². The quantitative estimate of drug-likeness (QED) is 0.0824. The number of rotatable bonds is 18. The number of carbonyl (C=O) groups is 4. The van der Waals surface area contributed by atoms with Crippen molar-refractivity contribution in [2.24, 2.45) is 0 Å². The van der Waals surface area contributed by atoms with Gasteiger partial charge in [-0.05, 0) is 76.9 Å². The van der Waals surface area contributed by atoms with Crippen molar-refractivity contribution in [3.63, 3.8) is 0 Å². The first-order valence-electron chi connectivity index (χ1n) is 16.7. The van der Waals surface area contributed by atoms with E-state index in [4.69, 9.17) is 28.4 Å². The Morgan fingerprint density at radius 3 is 1.29 bits per heavy atom. The topological polar surface area (TPSA) is 148 Å². The molecule has 12 nitrogen and oxygen atoms in total.